The van der Waals surface area contributed by atoms with Crippen molar-refractivity contribution in [1.82, 2.24) is 0 Å². The van der Waals surface area contributed by atoms with Crippen molar-refractivity contribution < 1.29 is 9.84 Å². The standard InChI is InChI=1S/C20H18O2S/c1-22-15-10-8-14(9-11-15)20-18(12-21)23-17-5-3-2-4-16(17)19(20)13-6-7-13/h2-5,8-11,21H,6-7,12H2,1H3. The number of hydrogen-bond acceptors (Lipinski definition) is 3. The van der Waals surface area contributed by atoms with E-state index in [4.69, 9.17) is 4.74 Å². The molecule has 3 heteroatoms. The van der Waals surface area contributed by atoms with Gasteiger partial charge in [0, 0.05) is 15.4 Å². The molecular weight excluding hydrogens is 304 g/mol. The Kier molecular flexibility index (Phi) is 3.76. The van der Waals surface area contributed by atoms with Crippen LogP contribution in [0.3, 0.4) is 0 Å². The van der Waals surface area contributed by atoms with Gasteiger partial charge in [-0.25, -0.2) is 0 Å². The zero-order valence-corrected chi connectivity index (χ0v) is 13.8. The van der Waals surface area contributed by atoms with Gasteiger partial charge in [0.25, 0.3) is 0 Å². The van der Waals surface area contributed by atoms with E-state index in [1.54, 1.807) is 18.9 Å². The van der Waals surface area contributed by atoms with Crippen LogP contribution in [0.5, 0.6) is 5.75 Å². The van der Waals surface area contributed by atoms with Crippen molar-refractivity contribution in [3.8, 4) is 5.75 Å². The van der Waals surface area contributed by atoms with E-state index < -0.39 is 0 Å². The lowest BCUT2D eigenvalue weighted by Crippen LogP contribution is -2.04. The third-order valence-electron chi connectivity index (χ3n) is 4.29. The molecule has 0 amide bonds. The van der Waals surface area contributed by atoms with Crippen LogP contribution in [0.2, 0.25) is 0 Å². The molecule has 0 radical (unpaired) electrons. The van der Waals surface area contributed by atoms with E-state index in [0.717, 1.165) is 29.1 Å². The van der Waals surface area contributed by atoms with Gasteiger partial charge in [0.15, 0.2) is 0 Å². The second-order valence-corrected chi connectivity index (χ2v) is 6.90. The number of ether oxygens (including phenoxy) is 1. The minimum atomic E-state index is 0.0666. The van der Waals surface area contributed by atoms with Gasteiger partial charge < -0.3 is 9.84 Å². The summed E-state index contributed by atoms with van der Waals surface area (Å²) in [6.07, 6.45) is 2.32. The smallest absolute Gasteiger partial charge is 0.118 e. The van der Waals surface area contributed by atoms with Crippen LogP contribution in [0.1, 0.15) is 24.0 Å². The molecule has 1 fully saturated rings. The number of thioether (sulfide) groups is 1. The second-order valence-electron chi connectivity index (χ2n) is 5.76. The fourth-order valence-corrected chi connectivity index (χ4v) is 4.15. The highest BCUT2D eigenvalue weighted by molar-refractivity contribution is 8.03. The minimum Gasteiger partial charge on any atom is -0.497 e. The number of aliphatic hydroxyl groups is 1. The van der Waals surface area contributed by atoms with Crippen molar-refractivity contribution in [2.45, 2.75) is 17.7 Å². The van der Waals surface area contributed by atoms with Crippen LogP contribution < -0.4 is 4.74 Å². The Hall–Kier alpha value is -1.97. The summed E-state index contributed by atoms with van der Waals surface area (Å²) in [6.45, 7) is 0.0666. The molecule has 1 saturated carbocycles. The van der Waals surface area contributed by atoms with Crippen molar-refractivity contribution in [1.29, 1.82) is 0 Å². The van der Waals surface area contributed by atoms with Gasteiger partial charge in [-0.15, -0.1) is 0 Å². The van der Waals surface area contributed by atoms with Crippen LogP contribution in [0.25, 0.3) is 11.1 Å². The minimum absolute atomic E-state index is 0.0666. The third-order valence-corrected chi connectivity index (χ3v) is 5.45. The number of aliphatic hydroxyl groups excluding tert-OH is 1. The van der Waals surface area contributed by atoms with Crippen LogP contribution in [0, 0.1) is 0 Å². The maximum Gasteiger partial charge on any atom is 0.118 e. The highest BCUT2D eigenvalue weighted by Crippen LogP contribution is 2.53. The van der Waals surface area contributed by atoms with Crippen molar-refractivity contribution in [2.24, 2.45) is 0 Å². The summed E-state index contributed by atoms with van der Waals surface area (Å²) in [7, 11) is 1.68. The van der Waals surface area contributed by atoms with Crippen molar-refractivity contribution in [3.63, 3.8) is 0 Å². The Morgan fingerprint density at radius 2 is 1.74 bits per heavy atom. The lowest BCUT2D eigenvalue weighted by atomic mass is 9.90. The zero-order valence-electron chi connectivity index (χ0n) is 13.0. The van der Waals surface area contributed by atoms with Crippen LogP contribution in [0.15, 0.2) is 63.9 Å². The first-order valence-corrected chi connectivity index (χ1v) is 8.61. The SMILES string of the molecule is COc1ccc(C2=C(CO)Sc3ccccc3C2=C2CC2)cc1. The number of rotatable bonds is 3. The molecule has 0 aromatic heterocycles. The monoisotopic (exact) mass is 322 g/mol. The molecule has 1 aliphatic carbocycles. The summed E-state index contributed by atoms with van der Waals surface area (Å²) in [4.78, 5) is 2.27. The summed E-state index contributed by atoms with van der Waals surface area (Å²) < 4.78 is 5.27. The van der Waals surface area contributed by atoms with E-state index in [2.05, 4.69) is 36.4 Å². The van der Waals surface area contributed by atoms with Crippen molar-refractivity contribution in [2.75, 3.05) is 13.7 Å². The molecule has 1 aliphatic heterocycles. The van der Waals surface area contributed by atoms with E-state index in [9.17, 15) is 5.11 Å². The topological polar surface area (TPSA) is 29.5 Å². The van der Waals surface area contributed by atoms with Crippen LogP contribution in [-0.2, 0) is 0 Å². The molecule has 2 aromatic rings. The second kappa shape index (κ2) is 5.91. The van der Waals surface area contributed by atoms with E-state index in [1.165, 1.54) is 27.2 Å². The lowest BCUT2D eigenvalue weighted by Gasteiger charge is -2.25. The highest BCUT2D eigenvalue weighted by Gasteiger charge is 2.30. The molecule has 1 N–H and O–H groups in total. The van der Waals surface area contributed by atoms with Crippen molar-refractivity contribution in [3.05, 3.63) is 70.1 Å². The molecule has 0 atom stereocenters. The van der Waals surface area contributed by atoms with Gasteiger partial charge in [-0.2, -0.15) is 0 Å². The largest absolute Gasteiger partial charge is 0.497 e. The summed E-state index contributed by atoms with van der Waals surface area (Å²) in [6, 6.07) is 16.6. The van der Waals surface area contributed by atoms with E-state index in [1.807, 2.05) is 12.1 Å². The molecular formula is C20H18O2S. The molecule has 1 heterocycles. The van der Waals surface area contributed by atoms with E-state index >= 15 is 0 Å². The van der Waals surface area contributed by atoms with E-state index in [-0.39, 0.29) is 6.61 Å². The molecule has 23 heavy (non-hydrogen) atoms. The fraction of sp³-hybridized carbons (Fsp3) is 0.200. The Balaban J connectivity index is 1.91. The van der Waals surface area contributed by atoms with Crippen LogP contribution in [0.4, 0.5) is 0 Å². The van der Waals surface area contributed by atoms with Gasteiger partial charge in [0.2, 0.25) is 0 Å². The molecule has 0 bridgehead atoms. The normalized spacial score (nSPS) is 16.4. The summed E-state index contributed by atoms with van der Waals surface area (Å²) >= 11 is 1.68. The first-order valence-electron chi connectivity index (χ1n) is 7.80. The predicted octanol–water partition coefficient (Wildman–Crippen LogP) is 4.75. The number of methoxy groups -OCH3 is 1. The molecule has 2 nitrogen and oxygen atoms in total. The molecule has 0 saturated heterocycles. The maximum absolute atomic E-state index is 9.94. The first-order chi connectivity index (χ1) is 11.3. The quantitative estimate of drug-likeness (QED) is 0.884. The van der Waals surface area contributed by atoms with Crippen LogP contribution in [-0.4, -0.2) is 18.8 Å². The number of fused-ring (bicyclic) bond motifs is 1. The van der Waals surface area contributed by atoms with Crippen LogP contribution >= 0.6 is 11.8 Å². The predicted molar refractivity (Wildman–Crippen MR) is 95.5 cm³/mol. The third kappa shape index (κ3) is 2.60. The van der Waals surface area contributed by atoms with E-state index in [0.29, 0.717) is 0 Å². The molecule has 0 unspecified atom stereocenters. The van der Waals surface area contributed by atoms with Gasteiger partial charge in [-0.1, -0.05) is 47.7 Å². The molecule has 4 rings (SSSR count). The lowest BCUT2D eigenvalue weighted by molar-refractivity contribution is 0.340. The van der Waals surface area contributed by atoms with Crippen molar-refractivity contribution >= 4 is 22.9 Å². The maximum atomic E-state index is 9.94. The average molecular weight is 322 g/mol. The highest BCUT2D eigenvalue weighted by atomic mass is 32.2. The average Bonchev–Trinajstić information content (AvgIpc) is 3.45. The zero-order chi connectivity index (χ0) is 15.8. The molecule has 0 spiro atoms. The number of hydrogen-bond donors (Lipinski definition) is 1. The molecule has 116 valence electrons. The Bertz CT molecular complexity index is 810. The van der Waals surface area contributed by atoms with Gasteiger partial charge in [-0.05, 0) is 47.7 Å². The van der Waals surface area contributed by atoms with Gasteiger partial charge >= 0.3 is 0 Å². The summed E-state index contributed by atoms with van der Waals surface area (Å²) in [5.41, 5.74) is 6.45. The number of allylic oxidation sites excluding steroid dienone is 3. The van der Waals surface area contributed by atoms with Gasteiger partial charge in [0.05, 0.1) is 13.7 Å². The summed E-state index contributed by atoms with van der Waals surface area (Å²) in [5.74, 6) is 0.851. The van der Waals surface area contributed by atoms with Gasteiger partial charge in [-0.3, -0.25) is 0 Å². The summed E-state index contributed by atoms with van der Waals surface area (Å²) in [5, 5.41) is 9.94. The fourth-order valence-electron chi connectivity index (χ4n) is 3.07. The Labute approximate surface area is 140 Å². The molecule has 2 aliphatic rings. The van der Waals surface area contributed by atoms with Gasteiger partial charge in [0.1, 0.15) is 5.75 Å². The number of benzene rings is 2. The first kappa shape index (κ1) is 14.6. The Morgan fingerprint density at radius 1 is 1.00 bits per heavy atom. The molecule has 2 aromatic carbocycles. The Morgan fingerprint density at radius 3 is 2.39 bits per heavy atom.